The van der Waals surface area contributed by atoms with Crippen LogP contribution in [0.4, 0.5) is 17.6 Å². The van der Waals surface area contributed by atoms with E-state index in [1.165, 1.54) is 14.2 Å². The van der Waals surface area contributed by atoms with Crippen LogP contribution in [0.2, 0.25) is 0 Å². The van der Waals surface area contributed by atoms with E-state index in [0.29, 0.717) is 0 Å². The smallest absolute Gasteiger partial charge is 0.335 e. The lowest BCUT2D eigenvalue weighted by Gasteiger charge is -2.25. The Hall–Kier alpha value is -0.440. The third-order valence-corrected chi connectivity index (χ3v) is 1.50. The summed E-state index contributed by atoms with van der Waals surface area (Å²) in [4.78, 5) is 0. The van der Waals surface area contributed by atoms with E-state index < -0.39 is 38.6 Å². The minimum absolute atomic E-state index is 0.482. The third-order valence-electron chi connectivity index (χ3n) is 1.50. The van der Waals surface area contributed by atoms with Gasteiger partial charge in [-0.2, -0.15) is 17.6 Å². The summed E-state index contributed by atoms with van der Waals surface area (Å²) in [5, 5.41) is 0. The van der Waals surface area contributed by atoms with Crippen molar-refractivity contribution in [2.24, 2.45) is 0 Å². The fourth-order valence-electron chi connectivity index (χ4n) is 0.718. The van der Waals surface area contributed by atoms with Gasteiger partial charge >= 0.3 is 11.8 Å². The molecule has 0 bridgehead atoms. The molecule has 0 aromatic carbocycles. The molecule has 16 heavy (non-hydrogen) atoms. The van der Waals surface area contributed by atoms with Crippen LogP contribution in [0.3, 0.4) is 0 Å². The van der Waals surface area contributed by atoms with Crippen molar-refractivity contribution in [2.45, 2.75) is 11.8 Å². The highest BCUT2D eigenvalue weighted by molar-refractivity contribution is 4.84. The topological polar surface area (TPSA) is 36.9 Å². The molecule has 0 saturated carbocycles. The van der Waals surface area contributed by atoms with E-state index in [1.54, 1.807) is 0 Å². The number of alkyl halides is 4. The number of hydrogen-bond acceptors (Lipinski definition) is 4. The van der Waals surface area contributed by atoms with Gasteiger partial charge in [-0.15, -0.1) is 0 Å². The van der Waals surface area contributed by atoms with Crippen molar-refractivity contribution in [1.29, 1.82) is 0 Å². The van der Waals surface area contributed by atoms with Gasteiger partial charge in [0.1, 0.15) is 26.8 Å². The van der Waals surface area contributed by atoms with Crippen LogP contribution in [0.5, 0.6) is 0 Å². The summed E-state index contributed by atoms with van der Waals surface area (Å²) in [6.07, 6.45) is 0. The molecule has 8 heteroatoms. The molecule has 0 unspecified atom stereocenters. The second-order valence-corrected chi connectivity index (χ2v) is 2.92. The lowest BCUT2D eigenvalue weighted by Crippen LogP contribution is -2.47. The van der Waals surface area contributed by atoms with Crippen molar-refractivity contribution < 1.29 is 36.5 Å². The maximum atomic E-state index is 12.9. The van der Waals surface area contributed by atoms with E-state index >= 15 is 0 Å². The molecule has 0 spiro atoms. The van der Waals surface area contributed by atoms with Crippen LogP contribution in [0.1, 0.15) is 0 Å². The molecule has 0 heterocycles. The van der Waals surface area contributed by atoms with Gasteiger partial charge in [-0.25, -0.2) is 0 Å². The second kappa shape index (κ2) is 7.00. The Balaban J connectivity index is 4.11. The molecule has 0 aromatic rings. The van der Waals surface area contributed by atoms with Crippen LogP contribution in [-0.2, 0) is 18.9 Å². The van der Waals surface area contributed by atoms with E-state index in [-0.39, 0.29) is 0 Å². The summed E-state index contributed by atoms with van der Waals surface area (Å²) < 4.78 is 68.6. The van der Waals surface area contributed by atoms with Crippen molar-refractivity contribution in [3.05, 3.63) is 0 Å². The Kier molecular flexibility index (Phi) is 6.81. The van der Waals surface area contributed by atoms with E-state index in [0.717, 1.165) is 0 Å². The maximum Gasteiger partial charge on any atom is 0.335 e. The SMILES string of the molecule is COCOCC(F)(F)C(F)(F)COCOC. The van der Waals surface area contributed by atoms with E-state index in [9.17, 15) is 17.6 Å². The summed E-state index contributed by atoms with van der Waals surface area (Å²) in [5.41, 5.74) is 0. The predicted octanol–water partition coefficient (Wildman–Crippen LogP) is 1.50. The quantitative estimate of drug-likeness (QED) is 0.353. The number of halogens is 4. The monoisotopic (exact) mass is 250 g/mol. The Morgan fingerprint density at radius 3 is 1.31 bits per heavy atom. The molecule has 0 rings (SSSR count). The fourth-order valence-corrected chi connectivity index (χ4v) is 0.718. The van der Waals surface area contributed by atoms with E-state index in [2.05, 4.69) is 18.9 Å². The minimum atomic E-state index is -4.32. The second-order valence-electron chi connectivity index (χ2n) is 2.92. The minimum Gasteiger partial charge on any atom is -0.359 e. The van der Waals surface area contributed by atoms with E-state index in [1.807, 2.05) is 0 Å². The van der Waals surface area contributed by atoms with Crippen LogP contribution < -0.4 is 0 Å². The summed E-state index contributed by atoms with van der Waals surface area (Å²) in [7, 11) is 2.38. The van der Waals surface area contributed by atoms with Crippen LogP contribution >= 0.6 is 0 Å². The Morgan fingerprint density at radius 2 is 1.06 bits per heavy atom. The van der Waals surface area contributed by atoms with Crippen molar-refractivity contribution in [2.75, 3.05) is 41.0 Å². The highest BCUT2D eigenvalue weighted by atomic mass is 19.3. The summed E-state index contributed by atoms with van der Waals surface area (Å²) >= 11 is 0. The normalized spacial score (nSPS) is 13.1. The zero-order valence-corrected chi connectivity index (χ0v) is 8.97. The molecular weight excluding hydrogens is 236 g/mol. The van der Waals surface area contributed by atoms with Crippen molar-refractivity contribution in [1.82, 2.24) is 0 Å². The number of methoxy groups -OCH3 is 2. The zero-order valence-electron chi connectivity index (χ0n) is 8.97. The molecule has 0 atom stereocenters. The number of hydrogen-bond donors (Lipinski definition) is 0. The average Bonchev–Trinajstić information content (AvgIpc) is 2.18. The van der Waals surface area contributed by atoms with Crippen LogP contribution in [0.15, 0.2) is 0 Å². The Morgan fingerprint density at radius 1 is 0.750 bits per heavy atom. The van der Waals surface area contributed by atoms with Gasteiger partial charge in [0.15, 0.2) is 0 Å². The molecular formula is C8H14F4O4. The fraction of sp³-hybridized carbons (Fsp3) is 1.00. The van der Waals surface area contributed by atoms with Gasteiger partial charge in [0, 0.05) is 14.2 Å². The molecule has 0 aliphatic carbocycles. The number of rotatable bonds is 9. The van der Waals surface area contributed by atoms with E-state index in [4.69, 9.17) is 0 Å². The van der Waals surface area contributed by atoms with Crippen LogP contribution in [0, 0.1) is 0 Å². The van der Waals surface area contributed by atoms with Gasteiger partial charge in [0.25, 0.3) is 0 Å². The highest BCUT2D eigenvalue weighted by Gasteiger charge is 2.56. The molecule has 0 radical (unpaired) electrons. The summed E-state index contributed by atoms with van der Waals surface area (Å²) in [6, 6.07) is 0. The predicted molar refractivity (Wildman–Crippen MR) is 45.6 cm³/mol. The zero-order chi connectivity index (χ0) is 12.7. The number of ether oxygens (including phenoxy) is 4. The summed E-state index contributed by atoms with van der Waals surface area (Å²) in [5.74, 6) is -8.64. The lowest BCUT2D eigenvalue weighted by molar-refractivity contribution is -0.264. The van der Waals surface area contributed by atoms with Crippen LogP contribution in [-0.4, -0.2) is 52.9 Å². The first-order chi connectivity index (χ1) is 7.37. The first-order valence-corrected chi connectivity index (χ1v) is 4.26. The van der Waals surface area contributed by atoms with Gasteiger partial charge in [0.2, 0.25) is 0 Å². The molecule has 0 aliphatic heterocycles. The van der Waals surface area contributed by atoms with Gasteiger partial charge in [0.05, 0.1) is 0 Å². The van der Waals surface area contributed by atoms with Crippen molar-refractivity contribution >= 4 is 0 Å². The first kappa shape index (κ1) is 15.6. The maximum absolute atomic E-state index is 12.9. The Labute approximate surface area is 90.4 Å². The van der Waals surface area contributed by atoms with Gasteiger partial charge in [-0.3, -0.25) is 0 Å². The van der Waals surface area contributed by atoms with Gasteiger partial charge in [-0.05, 0) is 0 Å². The molecule has 0 aromatic heterocycles. The highest BCUT2D eigenvalue weighted by Crippen LogP contribution is 2.34. The molecule has 0 saturated heterocycles. The lowest BCUT2D eigenvalue weighted by atomic mass is 10.2. The van der Waals surface area contributed by atoms with Crippen molar-refractivity contribution in [3.63, 3.8) is 0 Å². The third kappa shape index (κ3) is 5.06. The molecule has 98 valence electrons. The average molecular weight is 250 g/mol. The van der Waals surface area contributed by atoms with Crippen molar-refractivity contribution in [3.8, 4) is 0 Å². The molecule has 0 fully saturated rings. The first-order valence-electron chi connectivity index (χ1n) is 4.26. The van der Waals surface area contributed by atoms with Gasteiger partial charge < -0.3 is 18.9 Å². The molecule has 0 N–H and O–H groups in total. The standard InChI is InChI=1S/C8H14F4O4/c1-13-5-15-3-7(9,10)8(11,12)4-16-6-14-2/h3-6H2,1-2H3. The molecule has 0 amide bonds. The molecule has 4 nitrogen and oxygen atoms in total. The largest absolute Gasteiger partial charge is 0.359 e. The Bertz CT molecular complexity index is 169. The van der Waals surface area contributed by atoms with Gasteiger partial charge in [-0.1, -0.05) is 0 Å². The molecule has 0 aliphatic rings. The van der Waals surface area contributed by atoms with Crippen LogP contribution in [0.25, 0.3) is 0 Å². The summed E-state index contributed by atoms with van der Waals surface area (Å²) in [6.45, 7) is -3.84.